The van der Waals surface area contributed by atoms with Gasteiger partial charge in [0.05, 0.1) is 0 Å². The van der Waals surface area contributed by atoms with E-state index in [9.17, 15) is 9.59 Å². The van der Waals surface area contributed by atoms with E-state index >= 15 is 0 Å². The van der Waals surface area contributed by atoms with Crippen molar-refractivity contribution < 1.29 is 26.4 Å². The van der Waals surface area contributed by atoms with Crippen molar-refractivity contribution in [1.82, 2.24) is 10.6 Å². The quantitative estimate of drug-likeness (QED) is 0.535. The van der Waals surface area contributed by atoms with Crippen molar-refractivity contribution in [3.8, 4) is 0 Å². The molecule has 0 aromatic heterocycles. The van der Waals surface area contributed by atoms with Crippen molar-refractivity contribution >= 4 is 11.6 Å². The molecule has 0 saturated heterocycles. The fourth-order valence-electron chi connectivity index (χ4n) is 2.13. The summed E-state index contributed by atoms with van der Waals surface area (Å²) in [7, 11) is 0. The van der Waals surface area contributed by atoms with Gasteiger partial charge in [0, 0.05) is 52.9 Å². The van der Waals surface area contributed by atoms with Crippen LogP contribution in [0.15, 0.2) is 84.8 Å². The molecule has 1 radical (unpaired) electrons. The van der Waals surface area contributed by atoms with Crippen LogP contribution in [0.4, 0.5) is 0 Å². The summed E-state index contributed by atoms with van der Waals surface area (Å²) in [5, 5.41) is 6.37. The van der Waals surface area contributed by atoms with Crippen LogP contribution in [-0.2, 0) is 26.4 Å². The van der Waals surface area contributed by atoms with Crippen molar-refractivity contribution in [2.24, 2.45) is 0 Å². The topological polar surface area (TPSA) is 58.2 Å². The molecule has 0 heterocycles. The fraction of sp³-hybridized carbons (Fsp3) is 0.158. The van der Waals surface area contributed by atoms with Crippen LogP contribution in [0.1, 0.15) is 6.42 Å². The molecule has 2 aliphatic rings. The molecule has 0 spiro atoms. The second kappa shape index (κ2) is 10.4. The molecule has 0 bridgehead atoms. The molecule has 2 N–H and O–H groups in total. The Hall–Kier alpha value is -2.37. The Morgan fingerprint density at radius 3 is 2.00 bits per heavy atom. The van der Waals surface area contributed by atoms with Crippen molar-refractivity contribution in [1.29, 1.82) is 0 Å². The van der Waals surface area contributed by atoms with Crippen molar-refractivity contribution in [2.75, 3.05) is 6.54 Å². The van der Waals surface area contributed by atoms with Gasteiger partial charge in [0.2, 0.25) is 0 Å². The van der Waals surface area contributed by atoms with Gasteiger partial charge in [-0.1, -0.05) is 30.4 Å². The largest absolute Gasteiger partial charge is 0.388 e. The number of ketones is 2. The van der Waals surface area contributed by atoms with Gasteiger partial charge in [0.15, 0.2) is 11.6 Å². The first-order valence-corrected chi connectivity index (χ1v) is 7.49. The van der Waals surface area contributed by atoms with E-state index in [1.54, 1.807) is 36.7 Å². The number of hydrogen-bond acceptors (Lipinski definition) is 4. The third-order valence-electron chi connectivity index (χ3n) is 3.39. The minimum Gasteiger partial charge on any atom is -0.388 e. The van der Waals surface area contributed by atoms with E-state index in [4.69, 9.17) is 0 Å². The average Bonchev–Trinajstić information content (AvgIpc) is 2.55. The zero-order valence-corrected chi connectivity index (χ0v) is 14.2. The third kappa shape index (κ3) is 6.02. The first-order chi connectivity index (χ1) is 11.2. The van der Waals surface area contributed by atoms with Gasteiger partial charge in [0.1, 0.15) is 0 Å². The number of nitrogens with one attached hydrogen (secondary N) is 2. The van der Waals surface area contributed by atoms with Gasteiger partial charge < -0.3 is 10.6 Å². The zero-order valence-electron chi connectivity index (χ0n) is 13.2. The first kappa shape index (κ1) is 19.7. The molecule has 0 fully saturated rings. The molecule has 0 aromatic rings. The van der Waals surface area contributed by atoms with E-state index in [0.717, 1.165) is 6.42 Å². The van der Waals surface area contributed by atoms with Crippen LogP contribution >= 0.6 is 0 Å². The first-order valence-electron chi connectivity index (χ1n) is 7.49. The Kier molecular flexibility index (Phi) is 8.53. The number of allylic oxidation sites excluding steroid dienone is 10. The van der Waals surface area contributed by atoms with Crippen molar-refractivity contribution in [3.63, 3.8) is 0 Å². The van der Waals surface area contributed by atoms with E-state index in [-0.39, 0.29) is 34.4 Å². The van der Waals surface area contributed by atoms with Crippen LogP contribution in [0.2, 0.25) is 0 Å². The smallest absolute Gasteiger partial charge is 0.187 e. The van der Waals surface area contributed by atoms with Gasteiger partial charge >= 0.3 is 0 Å². The molecule has 0 saturated carbocycles. The molecule has 1 unspecified atom stereocenters. The van der Waals surface area contributed by atoms with E-state index in [0.29, 0.717) is 17.7 Å². The number of hydrogen-bond donors (Lipinski definition) is 2. The average molecular weight is 367 g/mol. The van der Waals surface area contributed by atoms with Crippen molar-refractivity contribution in [2.45, 2.75) is 12.5 Å². The Bertz CT molecular complexity index is 667. The standard InChI is InChI=1S/C19H20N2O2.Co/c1-2-7-17(21-13-16-9-4-6-11-19(16)23)14-20-12-15-8-3-5-10-18(15)22;/h2-6,8-13,17,20-21H,1,7,14H2;/b15-12-,16-13-;. The molecule has 24 heavy (non-hydrogen) atoms. The maximum atomic E-state index is 11.7. The van der Waals surface area contributed by atoms with Gasteiger partial charge in [0.25, 0.3) is 0 Å². The summed E-state index contributed by atoms with van der Waals surface area (Å²) < 4.78 is 0. The van der Waals surface area contributed by atoms with Crippen LogP contribution in [0, 0.1) is 0 Å². The molecular weight excluding hydrogens is 347 g/mol. The molecule has 0 aliphatic heterocycles. The number of carbonyl (C=O) groups excluding carboxylic acids is 2. The molecule has 127 valence electrons. The SMILES string of the molecule is C=CCC(CN/C=C1/C=CC=CC1=O)N/C=C1/C=CC=CC1=O.[Co]. The van der Waals surface area contributed by atoms with Gasteiger partial charge in [-0.15, -0.1) is 6.58 Å². The molecule has 4 nitrogen and oxygen atoms in total. The molecule has 2 aliphatic carbocycles. The second-order valence-corrected chi connectivity index (χ2v) is 5.16. The molecule has 0 aromatic carbocycles. The minimum absolute atomic E-state index is 0. The summed E-state index contributed by atoms with van der Waals surface area (Å²) in [5.74, 6) is -0.0303. The Labute approximate surface area is 152 Å². The maximum absolute atomic E-state index is 11.7. The van der Waals surface area contributed by atoms with Crippen LogP contribution in [0.3, 0.4) is 0 Å². The fourth-order valence-corrected chi connectivity index (χ4v) is 2.13. The van der Waals surface area contributed by atoms with Crippen molar-refractivity contribution in [3.05, 3.63) is 84.8 Å². The summed E-state index contributed by atoms with van der Waals surface area (Å²) in [6.45, 7) is 4.36. The van der Waals surface area contributed by atoms with E-state index in [1.165, 1.54) is 12.2 Å². The second-order valence-electron chi connectivity index (χ2n) is 5.16. The van der Waals surface area contributed by atoms with E-state index in [1.807, 2.05) is 18.2 Å². The summed E-state index contributed by atoms with van der Waals surface area (Å²) in [5.41, 5.74) is 1.24. The van der Waals surface area contributed by atoms with E-state index < -0.39 is 0 Å². The maximum Gasteiger partial charge on any atom is 0.187 e. The monoisotopic (exact) mass is 367 g/mol. The van der Waals surface area contributed by atoms with Gasteiger partial charge in [-0.05, 0) is 30.7 Å². The molecule has 1 atom stereocenters. The number of carbonyl (C=O) groups is 2. The Morgan fingerprint density at radius 2 is 1.46 bits per heavy atom. The van der Waals surface area contributed by atoms with Crippen LogP contribution in [-0.4, -0.2) is 24.2 Å². The Morgan fingerprint density at radius 1 is 0.917 bits per heavy atom. The summed E-state index contributed by atoms with van der Waals surface area (Å²) in [6, 6.07) is 0.0715. The normalized spacial score (nSPS) is 20.2. The summed E-state index contributed by atoms with van der Waals surface area (Å²) in [6.07, 6.45) is 19.7. The van der Waals surface area contributed by atoms with Crippen LogP contribution in [0.25, 0.3) is 0 Å². The van der Waals surface area contributed by atoms with Crippen LogP contribution in [0.5, 0.6) is 0 Å². The van der Waals surface area contributed by atoms with Gasteiger partial charge in [-0.2, -0.15) is 0 Å². The predicted octanol–water partition coefficient (Wildman–Crippen LogP) is 2.27. The zero-order chi connectivity index (χ0) is 16.5. The van der Waals surface area contributed by atoms with Gasteiger partial charge in [-0.25, -0.2) is 0 Å². The summed E-state index contributed by atoms with van der Waals surface area (Å²) in [4.78, 5) is 23.3. The number of rotatable bonds is 7. The molecule has 2 rings (SSSR count). The predicted molar refractivity (Wildman–Crippen MR) is 92.5 cm³/mol. The third-order valence-corrected chi connectivity index (χ3v) is 3.39. The van der Waals surface area contributed by atoms with Gasteiger partial charge in [-0.3, -0.25) is 9.59 Å². The Balaban J connectivity index is 0.00000288. The minimum atomic E-state index is -0.0165. The molecular formula is C19H20CoN2O2. The van der Waals surface area contributed by atoms with Crippen LogP contribution < -0.4 is 10.6 Å². The molecule has 5 heteroatoms. The van der Waals surface area contributed by atoms with E-state index in [2.05, 4.69) is 17.2 Å². The molecule has 0 amide bonds. The summed E-state index contributed by atoms with van der Waals surface area (Å²) >= 11 is 0.